The lowest BCUT2D eigenvalue weighted by molar-refractivity contribution is 0.581. The van der Waals surface area contributed by atoms with Gasteiger partial charge in [0, 0.05) is 23.6 Å². The van der Waals surface area contributed by atoms with E-state index in [1.165, 1.54) is 5.56 Å². The molecule has 0 bridgehead atoms. The van der Waals surface area contributed by atoms with Crippen molar-refractivity contribution < 1.29 is 0 Å². The fourth-order valence-electron chi connectivity index (χ4n) is 1.92. The summed E-state index contributed by atoms with van der Waals surface area (Å²) in [7, 11) is 1.89. The smallest absolute Gasteiger partial charge is 0.0830 e. The highest BCUT2D eigenvalue weighted by molar-refractivity contribution is 9.09. The minimum atomic E-state index is 0.517. The molecule has 0 fully saturated rings. The van der Waals surface area contributed by atoms with Gasteiger partial charge in [-0.05, 0) is 36.5 Å². The first kappa shape index (κ1) is 13.6. The first-order valence-corrected chi connectivity index (χ1v) is 7.33. The molecular formula is C13H15BrClN3. The normalized spacial score (nSPS) is 12.6. The molecule has 2 aromatic rings. The summed E-state index contributed by atoms with van der Waals surface area (Å²) in [5, 5.41) is 9.82. The number of alkyl halides is 1. The van der Waals surface area contributed by atoms with E-state index in [1.54, 1.807) is 4.68 Å². The van der Waals surface area contributed by atoms with Crippen molar-refractivity contribution in [3.05, 3.63) is 46.7 Å². The van der Waals surface area contributed by atoms with E-state index in [-0.39, 0.29) is 0 Å². The van der Waals surface area contributed by atoms with E-state index in [0.717, 1.165) is 28.9 Å². The highest BCUT2D eigenvalue weighted by Crippen LogP contribution is 2.17. The molecule has 0 aliphatic heterocycles. The molecule has 0 N–H and O–H groups in total. The molecule has 1 aromatic heterocycles. The molecule has 0 aliphatic rings. The quantitative estimate of drug-likeness (QED) is 0.789. The number of hydrogen-bond acceptors (Lipinski definition) is 2. The molecule has 1 aromatic carbocycles. The number of hydrogen-bond donors (Lipinski definition) is 0. The lowest BCUT2D eigenvalue weighted by atomic mass is 9.97. The molecular weight excluding hydrogens is 314 g/mol. The van der Waals surface area contributed by atoms with Crippen LogP contribution < -0.4 is 0 Å². The summed E-state index contributed by atoms with van der Waals surface area (Å²) in [4.78, 5) is 0. The van der Waals surface area contributed by atoms with E-state index in [0.29, 0.717) is 5.92 Å². The molecule has 0 saturated heterocycles. The molecule has 0 spiro atoms. The second-order valence-electron chi connectivity index (χ2n) is 4.44. The van der Waals surface area contributed by atoms with Gasteiger partial charge in [0.2, 0.25) is 0 Å². The van der Waals surface area contributed by atoms with Crippen LogP contribution in [0.2, 0.25) is 5.02 Å². The summed E-state index contributed by atoms with van der Waals surface area (Å²) >= 11 is 9.46. The molecule has 1 atom stereocenters. The maximum Gasteiger partial charge on any atom is 0.0830 e. The van der Waals surface area contributed by atoms with Gasteiger partial charge in [0.05, 0.1) is 5.69 Å². The van der Waals surface area contributed by atoms with Crippen molar-refractivity contribution in [3.8, 4) is 0 Å². The van der Waals surface area contributed by atoms with Gasteiger partial charge < -0.3 is 0 Å². The van der Waals surface area contributed by atoms with Gasteiger partial charge in [-0.25, -0.2) is 0 Å². The Morgan fingerprint density at radius 1 is 1.28 bits per heavy atom. The first-order valence-electron chi connectivity index (χ1n) is 5.83. The number of benzene rings is 1. The van der Waals surface area contributed by atoms with Crippen molar-refractivity contribution in [1.29, 1.82) is 0 Å². The topological polar surface area (TPSA) is 30.7 Å². The monoisotopic (exact) mass is 327 g/mol. The minimum Gasteiger partial charge on any atom is -0.255 e. The van der Waals surface area contributed by atoms with E-state index in [2.05, 4.69) is 38.4 Å². The van der Waals surface area contributed by atoms with Crippen LogP contribution in [0.1, 0.15) is 11.3 Å². The maximum absolute atomic E-state index is 5.88. The Hall–Kier alpha value is -0.870. The van der Waals surface area contributed by atoms with Crippen molar-refractivity contribution in [1.82, 2.24) is 15.0 Å². The Labute approximate surface area is 120 Å². The highest BCUT2D eigenvalue weighted by atomic mass is 79.9. The summed E-state index contributed by atoms with van der Waals surface area (Å²) in [5.41, 5.74) is 2.34. The number of halogens is 2. The largest absolute Gasteiger partial charge is 0.255 e. The van der Waals surface area contributed by atoms with E-state index >= 15 is 0 Å². The second-order valence-corrected chi connectivity index (χ2v) is 5.52. The second kappa shape index (κ2) is 6.34. The Bertz CT molecular complexity index is 495. The Morgan fingerprint density at radius 3 is 2.56 bits per heavy atom. The van der Waals surface area contributed by atoms with Crippen LogP contribution in [0.3, 0.4) is 0 Å². The predicted molar refractivity (Wildman–Crippen MR) is 77.1 cm³/mol. The number of aryl methyl sites for hydroxylation is 1. The summed E-state index contributed by atoms with van der Waals surface area (Å²) in [5.74, 6) is 0.517. The van der Waals surface area contributed by atoms with Crippen molar-refractivity contribution in [2.45, 2.75) is 12.8 Å². The maximum atomic E-state index is 5.88. The predicted octanol–water partition coefficient (Wildman–Crippen LogP) is 3.26. The average molecular weight is 329 g/mol. The Morgan fingerprint density at radius 2 is 2.00 bits per heavy atom. The molecule has 0 radical (unpaired) electrons. The average Bonchev–Trinajstić information content (AvgIpc) is 2.77. The number of rotatable bonds is 5. The minimum absolute atomic E-state index is 0.517. The molecule has 0 aliphatic carbocycles. The van der Waals surface area contributed by atoms with Crippen LogP contribution >= 0.6 is 27.5 Å². The fraction of sp³-hybridized carbons (Fsp3) is 0.385. The van der Waals surface area contributed by atoms with Gasteiger partial charge in [0.1, 0.15) is 0 Å². The van der Waals surface area contributed by atoms with Crippen LogP contribution in [0.15, 0.2) is 30.5 Å². The van der Waals surface area contributed by atoms with Crippen molar-refractivity contribution >= 4 is 27.5 Å². The third-order valence-electron chi connectivity index (χ3n) is 2.80. The van der Waals surface area contributed by atoms with Crippen LogP contribution in [0, 0.1) is 5.92 Å². The molecule has 3 nitrogen and oxygen atoms in total. The standard InChI is InChI=1S/C13H15BrClN3/c1-18-9-13(16-17-18)7-11(8-14)6-10-2-4-12(15)5-3-10/h2-5,9,11H,6-8H2,1H3. The van der Waals surface area contributed by atoms with E-state index < -0.39 is 0 Å². The number of nitrogens with zero attached hydrogens (tertiary/aromatic N) is 3. The Balaban J connectivity index is 1.99. The van der Waals surface area contributed by atoms with E-state index in [1.807, 2.05) is 25.4 Å². The fourth-order valence-corrected chi connectivity index (χ4v) is 2.50. The summed E-state index contributed by atoms with van der Waals surface area (Å²) in [6.07, 6.45) is 3.91. The SMILES string of the molecule is Cn1cc(CC(CBr)Cc2ccc(Cl)cc2)nn1. The molecule has 18 heavy (non-hydrogen) atoms. The number of aromatic nitrogens is 3. The lowest BCUT2D eigenvalue weighted by Crippen LogP contribution is -2.10. The van der Waals surface area contributed by atoms with Crippen LogP contribution in [-0.4, -0.2) is 20.3 Å². The van der Waals surface area contributed by atoms with Gasteiger partial charge >= 0.3 is 0 Å². The molecule has 1 heterocycles. The molecule has 0 amide bonds. The van der Waals surface area contributed by atoms with Gasteiger partial charge in [0.25, 0.3) is 0 Å². The summed E-state index contributed by atoms with van der Waals surface area (Å²) < 4.78 is 1.74. The molecule has 96 valence electrons. The third kappa shape index (κ3) is 3.82. The lowest BCUT2D eigenvalue weighted by Gasteiger charge is -2.12. The Kier molecular flexibility index (Phi) is 4.78. The molecule has 0 saturated carbocycles. The molecule has 2 rings (SSSR count). The van der Waals surface area contributed by atoms with Gasteiger partial charge in [-0.2, -0.15) is 0 Å². The van der Waals surface area contributed by atoms with Crippen LogP contribution in [0.25, 0.3) is 0 Å². The molecule has 5 heteroatoms. The first-order chi connectivity index (χ1) is 8.67. The van der Waals surface area contributed by atoms with Crippen LogP contribution in [0.4, 0.5) is 0 Å². The highest BCUT2D eigenvalue weighted by Gasteiger charge is 2.11. The van der Waals surface area contributed by atoms with Crippen LogP contribution in [0.5, 0.6) is 0 Å². The third-order valence-corrected chi connectivity index (χ3v) is 3.97. The van der Waals surface area contributed by atoms with Gasteiger partial charge in [0.15, 0.2) is 0 Å². The van der Waals surface area contributed by atoms with Crippen molar-refractivity contribution in [2.24, 2.45) is 13.0 Å². The van der Waals surface area contributed by atoms with Crippen molar-refractivity contribution in [3.63, 3.8) is 0 Å². The van der Waals surface area contributed by atoms with E-state index in [9.17, 15) is 0 Å². The zero-order valence-corrected chi connectivity index (χ0v) is 12.5. The zero-order chi connectivity index (χ0) is 13.0. The van der Waals surface area contributed by atoms with E-state index in [4.69, 9.17) is 11.6 Å². The summed E-state index contributed by atoms with van der Waals surface area (Å²) in [6.45, 7) is 0. The van der Waals surface area contributed by atoms with Crippen molar-refractivity contribution in [2.75, 3.05) is 5.33 Å². The van der Waals surface area contributed by atoms with Gasteiger partial charge in [-0.15, -0.1) is 5.10 Å². The molecule has 1 unspecified atom stereocenters. The zero-order valence-electron chi connectivity index (χ0n) is 10.2. The summed E-state index contributed by atoms with van der Waals surface area (Å²) in [6, 6.07) is 8.03. The van der Waals surface area contributed by atoms with Gasteiger partial charge in [-0.3, -0.25) is 4.68 Å². The van der Waals surface area contributed by atoms with Gasteiger partial charge in [-0.1, -0.05) is 44.9 Å². The van der Waals surface area contributed by atoms with Crippen LogP contribution in [-0.2, 0) is 19.9 Å².